The second kappa shape index (κ2) is 6.82. The van der Waals surface area contributed by atoms with Gasteiger partial charge in [-0.1, -0.05) is 11.2 Å². The first kappa shape index (κ1) is 16.1. The van der Waals surface area contributed by atoms with Crippen LogP contribution in [0.1, 0.15) is 54.6 Å². The summed E-state index contributed by atoms with van der Waals surface area (Å²) in [6, 6.07) is 4.28. The summed E-state index contributed by atoms with van der Waals surface area (Å²) in [5, 5.41) is 16.2. The van der Waals surface area contributed by atoms with Gasteiger partial charge in [0, 0.05) is 31.0 Å². The first-order valence-electron chi connectivity index (χ1n) is 8.96. The number of carboxylic acid groups (broad SMARTS) is 1. The summed E-state index contributed by atoms with van der Waals surface area (Å²) in [6.07, 6.45) is 5.82. The number of fused-ring (bicyclic) bond motifs is 1. The zero-order valence-electron chi connectivity index (χ0n) is 14.1. The Morgan fingerprint density at radius 3 is 3.12 bits per heavy atom. The summed E-state index contributed by atoms with van der Waals surface area (Å²) in [4.78, 5) is 19.8. The van der Waals surface area contributed by atoms with Crippen LogP contribution in [-0.2, 0) is 24.1 Å². The zero-order valence-corrected chi connectivity index (χ0v) is 14.1. The van der Waals surface area contributed by atoms with Crippen molar-refractivity contribution in [3.63, 3.8) is 0 Å². The third-order valence-electron chi connectivity index (χ3n) is 4.95. The van der Waals surface area contributed by atoms with Crippen LogP contribution in [0, 0.1) is 5.92 Å². The number of rotatable bonds is 7. The average molecular weight is 342 g/mol. The van der Waals surface area contributed by atoms with Gasteiger partial charge in [0.15, 0.2) is 5.82 Å². The number of pyridine rings is 1. The van der Waals surface area contributed by atoms with Crippen LogP contribution in [0.25, 0.3) is 0 Å². The highest BCUT2D eigenvalue weighted by Gasteiger charge is 2.43. The van der Waals surface area contributed by atoms with E-state index in [0.29, 0.717) is 11.7 Å². The van der Waals surface area contributed by atoms with E-state index in [-0.39, 0.29) is 18.3 Å². The number of aromatic nitrogens is 3. The van der Waals surface area contributed by atoms with Gasteiger partial charge in [0.1, 0.15) is 5.82 Å². The molecule has 2 aromatic heterocycles. The summed E-state index contributed by atoms with van der Waals surface area (Å²) >= 11 is 0. The number of carboxylic acids is 1. The number of hydrogen-bond donors (Lipinski definition) is 2. The van der Waals surface area contributed by atoms with Crippen molar-refractivity contribution in [1.82, 2.24) is 15.1 Å². The molecule has 132 valence electrons. The van der Waals surface area contributed by atoms with Gasteiger partial charge in [-0.15, -0.1) is 0 Å². The summed E-state index contributed by atoms with van der Waals surface area (Å²) in [7, 11) is 0. The number of hydrogen-bond acceptors (Lipinski definition) is 6. The third kappa shape index (κ3) is 3.81. The van der Waals surface area contributed by atoms with Gasteiger partial charge in [-0.3, -0.25) is 4.79 Å². The Hall–Kier alpha value is -2.44. The molecule has 0 saturated heterocycles. The molecule has 0 unspecified atom stereocenters. The Morgan fingerprint density at radius 1 is 1.32 bits per heavy atom. The molecule has 7 nitrogen and oxygen atoms in total. The summed E-state index contributed by atoms with van der Waals surface area (Å²) in [5.41, 5.74) is 2.39. The molecule has 1 saturated carbocycles. The van der Waals surface area contributed by atoms with Gasteiger partial charge in [-0.05, 0) is 49.7 Å². The fourth-order valence-electron chi connectivity index (χ4n) is 3.46. The van der Waals surface area contributed by atoms with E-state index in [1.54, 1.807) is 0 Å². The summed E-state index contributed by atoms with van der Waals surface area (Å²) in [5.74, 6) is 1.84. The van der Waals surface area contributed by atoms with Gasteiger partial charge >= 0.3 is 5.97 Å². The fraction of sp³-hybridized carbons (Fsp3) is 0.556. The maximum atomic E-state index is 10.7. The number of nitrogens with one attached hydrogen (secondary N) is 1. The molecule has 0 radical (unpaired) electrons. The lowest BCUT2D eigenvalue weighted by atomic mass is 10.1. The minimum Gasteiger partial charge on any atom is -0.481 e. The van der Waals surface area contributed by atoms with Crippen LogP contribution in [0.3, 0.4) is 0 Å². The van der Waals surface area contributed by atoms with E-state index < -0.39 is 5.97 Å². The highest BCUT2D eigenvalue weighted by atomic mass is 16.5. The highest BCUT2D eigenvalue weighted by Crippen LogP contribution is 2.48. The monoisotopic (exact) mass is 342 g/mol. The van der Waals surface area contributed by atoms with Gasteiger partial charge in [-0.25, -0.2) is 4.98 Å². The number of nitrogens with zero attached hydrogens (tertiary/aromatic N) is 3. The normalized spacial score (nSPS) is 21.4. The molecule has 0 amide bonds. The predicted molar refractivity (Wildman–Crippen MR) is 90.5 cm³/mol. The van der Waals surface area contributed by atoms with Gasteiger partial charge in [0.05, 0.1) is 0 Å². The minimum absolute atomic E-state index is 0.130. The summed E-state index contributed by atoms with van der Waals surface area (Å²) < 4.78 is 5.30. The standard InChI is InChI=1S/C18H22N4O3/c23-16(24)10-12-9-14(12)18-21-15(22-25-18)5-1-4-13-7-6-11-3-2-8-19-17(11)20-13/h6-7,12,14H,1-5,8-10H2,(H,19,20)(H,23,24)/t12-,14+/m1/s1. The molecule has 25 heavy (non-hydrogen) atoms. The van der Waals surface area contributed by atoms with Crippen LogP contribution in [0.2, 0.25) is 0 Å². The van der Waals surface area contributed by atoms with Crippen molar-refractivity contribution in [2.75, 3.05) is 11.9 Å². The first-order chi connectivity index (χ1) is 12.2. The smallest absolute Gasteiger partial charge is 0.303 e. The largest absolute Gasteiger partial charge is 0.481 e. The number of anilines is 1. The van der Waals surface area contributed by atoms with Crippen molar-refractivity contribution in [3.8, 4) is 0 Å². The summed E-state index contributed by atoms with van der Waals surface area (Å²) in [6.45, 7) is 0.999. The van der Waals surface area contributed by atoms with E-state index in [4.69, 9.17) is 14.6 Å². The van der Waals surface area contributed by atoms with Crippen molar-refractivity contribution < 1.29 is 14.4 Å². The zero-order chi connectivity index (χ0) is 17.2. The molecule has 2 N–H and O–H groups in total. The Morgan fingerprint density at radius 2 is 2.24 bits per heavy atom. The lowest BCUT2D eigenvalue weighted by Crippen LogP contribution is -2.14. The van der Waals surface area contributed by atoms with Crippen molar-refractivity contribution in [2.24, 2.45) is 5.92 Å². The second-order valence-corrected chi connectivity index (χ2v) is 6.94. The van der Waals surface area contributed by atoms with Gasteiger partial charge in [0.2, 0.25) is 5.89 Å². The molecule has 2 aliphatic rings. The molecular weight excluding hydrogens is 320 g/mol. The average Bonchev–Trinajstić information content (AvgIpc) is 3.19. The molecule has 1 fully saturated rings. The van der Waals surface area contributed by atoms with Gasteiger partial charge in [0.25, 0.3) is 0 Å². The fourth-order valence-corrected chi connectivity index (χ4v) is 3.46. The van der Waals surface area contributed by atoms with E-state index in [1.165, 1.54) is 12.0 Å². The van der Waals surface area contributed by atoms with E-state index in [0.717, 1.165) is 50.2 Å². The second-order valence-electron chi connectivity index (χ2n) is 6.94. The molecule has 0 aromatic carbocycles. The van der Waals surface area contributed by atoms with E-state index >= 15 is 0 Å². The molecule has 0 spiro atoms. The van der Waals surface area contributed by atoms with Crippen molar-refractivity contribution in [2.45, 2.75) is 50.9 Å². The van der Waals surface area contributed by atoms with E-state index in [1.807, 2.05) is 0 Å². The first-order valence-corrected chi connectivity index (χ1v) is 8.96. The molecule has 2 aromatic rings. The third-order valence-corrected chi connectivity index (χ3v) is 4.95. The van der Waals surface area contributed by atoms with Crippen LogP contribution in [0.15, 0.2) is 16.7 Å². The Kier molecular flexibility index (Phi) is 4.38. The molecule has 3 heterocycles. The van der Waals surface area contributed by atoms with Crippen LogP contribution < -0.4 is 5.32 Å². The quantitative estimate of drug-likeness (QED) is 0.797. The Labute approximate surface area is 145 Å². The van der Waals surface area contributed by atoms with Crippen LogP contribution in [0.4, 0.5) is 5.82 Å². The maximum absolute atomic E-state index is 10.7. The topological polar surface area (TPSA) is 101 Å². The van der Waals surface area contributed by atoms with Crippen LogP contribution in [0.5, 0.6) is 0 Å². The Bertz CT molecular complexity index is 773. The lowest BCUT2D eigenvalue weighted by molar-refractivity contribution is -0.137. The lowest BCUT2D eigenvalue weighted by Gasteiger charge is -2.17. The predicted octanol–water partition coefficient (Wildman–Crippen LogP) is 2.58. The molecule has 7 heteroatoms. The van der Waals surface area contributed by atoms with Crippen molar-refractivity contribution >= 4 is 11.8 Å². The molecule has 1 aliphatic carbocycles. The number of carbonyl (C=O) groups is 1. The van der Waals surface area contributed by atoms with Crippen molar-refractivity contribution in [3.05, 3.63) is 35.1 Å². The van der Waals surface area contributed by atoms with E-state index in [9.17, 15) is 4.79 Å². The van der Waals surface area contributed by atoms with Crippen LogP contribution in [-0.4, -0.2) is 32.7 Å². The van der Waals surface area contributed by atoms with Crippen molar-refractivity contribution in [1.29, 1.82) is 0 Å². The minimum atomic E-state index is -0.765. The van der Waals surface area contributed by atoms with Crippen LogP contribution >= 0.6 is 0 Å². The molecular formula is C18H22N4O3. The van der Waals surface area contributed by atoms with E-state index in [2.05, 4.69) is 27.6 Å². The Balaban J connectivity index is 1.27. The molecule has 2 atom stereocenters. The molecule has 4 rings (SSSR count). The van der Waals surface area contributed by atoms with Gasteiger partial charge in [-0.2, -0.15) is 4.98 Å². The molecule has 1 aliphatic heterocycles. The highest BCUT2D eigenvalue weighted by molar-refractivity contribution is 5.67. The number of aliphatic carboxylic acids is 1. The molecule has 0 bridgehead atoms. The number of aryl methyl sites for hydroxylation is 3. The maximum Gasteiger partial charge on any atom is 0.303 e. The van der Waals surface area contributed by atoms with Gasteiger partial charge < -0.3 is 14.9 Å². The SMILES string of the molecule is O=C(O)C[C@H]1C[C@@H]1c1nc(CCCc2ccc3c(n2)NCCC3)no1.